The molecule has 0 aromatic heterocycles. The van der Waals surface area contributed by atoms with E-state index in [1.54, 1.807) is 4.90 Å². The predicted octanol–water partition coefficient (Wildman–Crippen LogP) is 1.27. The molecule has 0 unspecified atom stereocenters. The number of nitrogens with zero attached hydrogens (tertiary/aromatic N) is 2. The number of carboxylic acids is 1. The SMILES string of the molecule is CSCC[C@H](NC(=O)CN(Cc1cccc2ccccc12)C[C@@H]1CCCN1C(=O)[C@@H](N)CO)C(=O)O. The fraction of sp³-hybridized carbons (Fsp3) is 0.500. The molecule has 0 spiro atoms. The van der Waals surface area contributed by atoms with E-state index >= 15 is 0 Å². The van der Waals surface area contributed by atoms with Gasteiger partial charge < -0.3 is 26.2 Å². The second kappa shape index (κ2) is 13.6. The van der Waals surface area contributed by atoms with Crippen LogP contribution in [-0.2, 0) is 20.9 Å². The summed E-state index contributed by atoms with van der Waals surface area (Å²) in [4.78, 5) is 41.0. The fourth-order valence-corrected chi connectivity index (χ4v) is 5.17. The maximum absolute atomic E-state index is 13.0. The number of carboxylic acid groups (broad SMARTS) is 1. The maximum Gasteiger partial charge on any atom is 0.326 e. The first kappa shape index (κ1) is 27.9. The Morgan fingerprint density at radius 3 is 2.69 bits per heavy atom. The topological polar surface area (TPSA) is 136 Å². The van der Waals surface area contributed by atoms with Gasteiger partial charge in [0.25, 0.3) is 0 Å². The van der Waals surface area contributed by atoms with E-state index in [2.05, 4.69) is 5.32 Å². The second-order valence-corrected chi connectivity index (χ2v) is 10.2. The minimum atomic E-state index is -1.05. The lowest BCUT2D eigenvalue weighted by Crippen LogP contribution is -2.52. The van der Waals surface area contributed by atoms with Crippen LogP contribution in [0.4, 0.5) is 0 Å². The van der Waals surface area contributed by atoms with Crippen LogP contribution in [0.25, 0.3) is 10.8 Å². The number of thioether (sulfide) groups is 1. The van der Waals surface area contributed by atoms with Crippen LogP contribution in [0.1, 0.15) is 24.8 Å². The number of carbonyl (C=O) groups excluding carboxylic acids is 2. The van der Waals surface area contributed by atoms with Gasteiger partial charge in [-0.3, -0.25) is 14.5 Å². The van der Waals surface area contributed by atoms with Gasteiger partial charge in [-0.15, -0.1) is 0 Å². The number of aliphatic hydroxyl groups is 1. The molecule has 10 heteroatoms. The standard InChI is InChI=1S/C26H36N4O5S/c1-36-13-11-23(26(34)35)28-24(32)16-29(14-19-8-4-7-18-6-2-3-10-21(18)19)15-20-9-5-12-30(20)25(33)22(27)17-31/h2-4,6-8,10,20,22-23,31H,5,9,11-17,27H2,1H3,(H,28,32)(H,34,35)/t20-,22-,23-/m0/s1. The van der Waals surface area contributed by atoms with Gasteiger partial charge in [-0.2, -0.15) is 11.8 Å². The third-order valence-corrected chi connectivity index (χ3v) is 7.17. The first-order chi connectivity index (χ1) is 17.3. The molecular weight excluding hydrogens is 480 g/mol. The monoisotopic (exact) mass is 516 g/mol. The van der Waals surface area contributed by atoms with Gasteiger partial charge in [-0.25, -0.2) is 4.79 Å². The summed E-state index contributed by atoms with van der Waals surface area (Å²) in [5, 5.41) is 23.7. The van der Waals surface area contributed by atoms with Crippen molar-refractivity contribution in [3.05, 3.63) is 48.0 Å². The summed E-state index contributed by atoms with van der Waals surface area (Å²) in [5.41, 5.74) is 6.85. The van der Waals surface area contributed by atoms with Crippen LogP contribution in [-0.4, -0.2) is 94.2 Å². The lowest BCUT2D eigenvalue weighted by Gasteiger charge is -2.32. The van der Waals surface area contributed by atoms with E-state index < -0.39 is 24.7 Å². The third-order valence-electron chi connectivity index (χ3n) is 6.53. The molecule has 1 heterocycles. The number of aliphatic hydroxyl groups excluding tert-OH is 1. The van der Waals surface area contributed by atoms with E-state index in [-0.39, 0.29) is 24.4 Å². The number of aliphatic carboxylic acids is 1. The van der Waals surface area contributed by atoms with Gasteiger partial charge in [0.05, 0.1) is 13.2 Å². The Labute approximate surface area is 216 Å². The Bertz CT molecular complexity index is 1050. The zero-order valence-electron chi connectivity index (χ0n) is 20.6. The van der Waals surface area contributed by atoms with Crippen LogP contribution < -0.4 is 11.1 Å². The van der Waals surface area contributed by atoms with Gasteiger partial charge in [0.1, 0.15) is 12.1 Å². The van der Waals surface area contributed by atoms with Gasteiger partial charge in [-0.05, 0) is 47.6 Å². The highest BCUT2D eigenvalue weighted by Gasteiger charge is 2.33. The summed E-state index contributed by atoms with van der Waals surface area (Å²) in [5.74, 6) is -1.09. The summed E-state index contributed by atoms with van der Waals surface area (Å²) in [6.45, 7) is 1.03. The van der Waals surface area contributed by atoms with Crippen molar-refractivity contribution in [2.75, 3.05) is 38.2 Å². The first-order valence-electron chi connectivity index (χ1n) is 12.2. The molecule has 36 heavy (non-hydrogen) atoms. The average Bonchev–Trinajstić information content (AvgIpc) is 3.33. The molecule has 9 nitrogen and oxygen atoms in total. The number of carbonyl (C=O) groups is 3. The molecule has 0 saturated carbocycles. The van der Waals surface area contributed by atoms with Crippen LogP contribution in [0, 0.1) is 0 Å². The Morgan fingerprint density at radius 1 is 1.22 bits per heavy atom. The van der Waals surface area contributed by atoms with Crippen molar-refractivity contribution in [3.8, 4) is 0 Å². The number of amides is 2. The molecule has 3 rings (SSSR count). The van der Waals surface area contributed by atoms with Gasteiger partial charge >= 0.3 is 5.97 Å². The van der Waals surface area contributed by atoms with Crippen molar-refractivity contribution < 1.29 is 24.6 Å². The molecule has 3 atom stereocenters. The van der Waals surface area contributed by atoms with E-state index in [0.29, 0.717) is 31.8 Å². The van der Waals surface area contributed by atoms with Crippen LogP contribution >= 0.6 is 11.8 Å². The quantitative estimate of drug-likeness (QED) is 0.313. The number of likely N-dealkylation sites (tertiary alicyclic amines) is 1. The first-order valence-corrected chi connectivity index (χ1v) is 13.6. The fourth-order valence-electron chi connectivity index (χ4n) is 4.70. The predicted molar refractivity (Wildman–Crippen MR) is 142 cm³/mol. The van der Waals surface area contributed by atoms with E-state index in [1.807, 2.05) is 53.6 Å². The molecule has 0 radical (unpaired) electrons. The van der Waals surface area contributed by atoms with E-state index in [1.165, 1.54) is 11.8 Å². The van der Waals surface area contributed by atoms with E-state index in [4.69, 9.17) is 5.73 Å². The normalized spacial score (nSPS) is 17.3. The summed E-state index contributed by atoms with van der Waals surface area (Å²) in [6.07, 6.45) is 3.82. The zero-order valence-corrected chi connectivity index (χ0v) is 21.5. The third kappa shape index (κ3) is 7.42. The average molecular weight is 517 g/mol. The van der Waals surface area contributed by atoms with Crippen molar-refractivity contribution in [2.24, 2.45) is 5.73 Å². The number of hydrogen-bond acceptors (Lipinski definition) is 7. The molecule has 1 fully saturated rings. The minimum Gasteiger partial charge on any atom is -0.480 e. The van der Waals surface area contributed by atoms with Crippen molar-refractivity contribution in [2.45, 2.75) is 43.9 Å². The molecule has 196 valence electrons. The number of nitrogens with two attached hydrogens (primary N) is 1. The van der Waals surface area contributed by atoms with Crippen LogP contribution in [0.2, 0.25) is 0 Å². The number of nitrogens with one attached hydrogen (secondary N) is 1. The molecule has 2 aromatic carbocycles. The molecule has 0 bridgehead atoms. The number of benzene rings is 2. The highest BCUT2D eigenvalue weighted by Crippen LogP contribution is 2.23. The minimum absolute atomic E-state index is 0.00312. The molecule has 1 aliphatic heterocycles. The van der Waals surface area contributed by atoms with Crippen molar-refractivity contribution in [1.82, 2.24) is 15.1 Å². The van der Waals surface area contributed by atoms with Crippen molar-refractivity contribution in [1.29, 1.82) is 0 Å². The van der Waals surface area contributed by atoms with Crippen LogP contribution in [0.5, 0.6) is 0 Å². The van der Waals surface area contributed by atoms with Gasteiger partial charge in [-0.1, -0.05) is 42.5 Å². The summed E-state index contributed by atoms with van der Waals surface area (Å²) in [6, 6.07) is 12.0. The van der Waals surface area contributed by atoms with Gasteiger partial charge in [0.15, 0.2) is 0 Å². The second-order valence-electron chi connectivity index (χ2n) is 9.16. The van der Waals surface area contributed by atoms with Gasteiger partial charge in [0, 0.05) is 25.7 Å². The Kier molecular flexibility index (Phi) is 10.5. The molecule has 2 amide bonds. The molecule has 1 saturated heterocycles. The lowest BCUT2D eigenvalue weighted by atomic mass is 10.0. The highest BCUT2D eigenvalue weighted by atomic mass is 32.2. The van der Waals surface area contributed by atoms with Crippen molar-refractivity contribution >= 4 is 40.3 Å². The molecule has 5 N–H and O–H groups in total. The molecule has 1 aliphatic rings. The zero-order chi connectivity index (χ0) is 26.1. The summed E-state index contributed by atoms with van der Waals surface area (Å²) < 4.78 is 0. The van der Waals surface area contributed by atoms with E-state index in [0.717, 1.165) is 29.2 Å². The highest BCUT2D eigenvalue weighted by molar-refractivity contribution is 7.98. The van der Waals surface area contributed by atoms with Gasteiger partial charge in [0.2, 0.25) is 11.8 Å². The summed E-state index contributed by atoms with van der Waals surface area (Å²) >= 11 is 1.53. The van der Waals surface area contributed by atoms with Crippen LogP contribution in [0.15, 0.2) is 42.5 Å². The Hall–Kier alpha value is -2.66. The van der Waals surface area contributed by atoms with Crippen molar-refractivity contribution in [3.63, 3.8) is 0 Å². The van der Waals surface area contributed by atoms with E-state index in [9.17, 15) is 24.6 Å². The van der Waals surface area contributed by atoms with Crippen LogP contribution in [0.3, 0.4) is 0 Å². The largest absolute Gasteiger partial charge is 0.480 e. The summed E-state index contributed by atoms with van der Waals surface area (Å²) in [7, 11) is 0. The maximum atomic E-state index is 13.0. The Balaban J connectivity index is 1.80. The smallest absolute Gasteiger partial charge is 0.326 e. The molecule has 0 aliphatic carbocycles. The molecular formula is C26H36N4O5S. The number of fused-ring (bicyclic) bond motifs is 1. The Morgan fingerprint density at radius 2 is 1.97 bits per heavy atom. The lowest BCUT2D eigenvalue weighted by molar-refractivity contribution is -0.142. The molecule has 2 aromatic rings. The number of rotatable bonds is 13. The number of hydrogen-bond donors (Lipinski definition) is 4.